The van der Waals surface area contributed by atoms with Crippen LogP contribution in [-0.2, 0) is 14.4 Å². The Morgan fingerprint density at radius 3 is 2.27 bits per heavy atom. The van der Waals surface area contributed by atoms with Gasteiger partial charge in [0.25, 0.3) is 0 Å². The van der Waals surface area contributed by atoms with Crippen molar-refractivity contribution < 1.29 is 14.4 Å². The number of amides is 3. The van der Waals surface area contributed by atoms with Crippen LogP contribution in [0.5, 0.6) is 0 Å². The van der Waals surface area contributed by atoms with Gasteiger partial charge in [0.15, 0.2) is 5.25 Å². The third-order valence-electron chi connectivity index (χ3n) is 6.43. The number of hydrogen-bond donors (Lipinski definition) is 1. The van der Waals surface area contributed by atoms with E-state index < -0.39 is 5.25 Å². The van der Waals surface area contributed by atoms with Gasteiger partial charge in [-0.3, -0.25) is 14.4 Å². The number of aromatic nitrogens is 2. The molecular formula is C23H26N6O3S. The van der Waals surface area contributed by atoms with Crippen molar-refractivity contribution >= 4 is 41.1 Å². The van der Waals surface area contributed by atoms with Crippen LogP contribution >= 0.6 is 11.8 Å². The third kappa shape index (κ3) is 4.52. The lowest BCUT2D eigenvalue weighted by Crippen LogP contribution is -2.53. The second-order valence-electron chi connectivity index (χ2n) is 8.44. The summed E-state index contributed by atoms with van der Waals surface area (Å²) in [5.41, 5.74) is 0.750. The molecule has 1 N–H and O–H groups in total. The Balaban J connectivity index is 1.13. The van der Waals surface area contributed by atoms with E-state index in [0.29, 0.717) is 58.1 Å². The molecule has 0 radical (unpaired) electrons. The molecule has 5 rings (SSSR count). The molecule has 0 spiro atoms. The summed E-state index contributed by atoms with van der Waals surface area (Å²) >= 11 is 1.30. The first kappa shape index (κ1) is 21.7. The average Bonchev–Trinajstić information content (AvgIpc) is 2.88. The maximum absolute atomic E-state index is 13.1. The van der Waals surface area contributed by atoms with Crippen molar-refractivity contribution in [3.8, 4) is 0 Å². The molecule has 1 aromatic carbocycles. The first-order chi connectivity index (χ1) is 16.1. The Morgan fingerprint density at radius 1 is 0.879 bits per heavy atom. The SMILES string of the molecule is O=C1Nc2ccccc2S[C@@H]1C(=O)N1CCC(C(=O)N2CCN(c3ncccn3)CC2)CC1. The van der Waals surface area contributed by atoms with Crippen LogP contribution in [0.3, 0.4) is 0 Å². The van der Waals surface area contributed by atoms with E-state index in [4.69, 9.17) is 0 Å². The number of anilines is 2. The van der Waals surface area contributed by atoms with E-state index in [1.165, 1.54) is 11.8 Å². The fraction of sp³-hybridized carbons (Fsp3) is 0.435. The molecule has 0 bridgehead atoms. The Kier molecular flexibility index (Phi) is 6.17. The number of hydrogen-bond acceptors (Lipinski definition) is 7. The summed E-state index contributed by atoms with van der Waals surface area (Å²) in [6.07, 6.45) is 4.71. The lowest BCUT2D eigenvalue weighted by atomic mass is 9.94. The van der Waals surface area contributed by atoms with E-state index in [0.717, 1.165) is 10.6 Å². The summed E-state index contributed by atoms with van der Waals surface area (Å²) in [5, 5.41) is 2.06. The van der Waals surface area contributed by atoms with Crippen LogP contribution in [0.25, 0.3) is 0 Å². The number of likely N-dealkylation sites (tertiary alicyclic amines) is 1. The molecule has 4 heterocycles. The number of fused-ring (bicyclic) bond motifs is 1. The number of piperidine rings is 1. The van der Waals surface area contributed by atoms with E-state index in [-0.39, 0.29) is 23.6 Å². The Hall–Kier alpha value is -3.14. The Labute approximate surface area is 196 Å². The molecule has 10 heteroatoms. The van der Waals surface area contributed by atoms with Crippen LogP contribution in [-0.4, -0.2) is 82.0 Å². The number of para-hydroxylation sites is 1. The molecule has 0 unspecified atom stereocenters. The number of nitrogens with one attached hydrogen (secondary N) is 1. The van der Waals surface area contributed by atoms with Gasteiger partial charge >= 0.3 is 0 Å². The predicted octanol–water partition coefficient (Wildman–Crippen LogP) is 1.48. The van der Waals surface area contributed by atoms with Crippen LogP contribution in [0.15, 0.2) is 47.6 Å². The van der Waals surface area contributed by atoms with Crippen molar-refractivity contribution in [1.29, 1.82) is 0 Å². The molecule has 1 aromatic heterocycles. The van der Waals surface area contributed by atoms with E-state index in [9.17, 15) is 14.4 Å². The molecule has 2 fully saturated rings. The Morgan fingerprint density at radius 2 is 1.55 bits per heavy atom. The van der Waals surface area contributed by atoms with E-state index in [1.54, 1.807) is 23.4 Å². The van der Waals surface area contributed by atoms with Gasteiger partial charge in [0.2, 0.25) is 23.7 Å². The number of rotatable bonds is 3. The monoisotopic (exact) mass is 466 g/mol. The molecule has 1 atom stereocenters. The molecule has 2 saturated heterocycles. The van der Waals surface area contributed by atoms with E-state index in [2.05, 4.69) is 20.2 Å². The molecule has 3 aliphatic heterocycles. The van der Waals surface area contributed by atoms with Crippen molar-refractivity contribution in [2.24, 2.45) is 5.92 Å². The molecule has 3 aliphatic rings. The first-order valence-electron chi connectivity index (χ1n) is 11.3. The van der Waals surface area contributed by atoms with Crippen LogP contribution in [0.1, 0.15) is 12.8 Å². The maximum Gasteiger partial charge on any atom is 0.247 e. The highest BCUT2D eigenvalue weighted by Crippen LogP contribution is 2.36. The molecule has 3 amide bonds. The van der Waals surface area contributed by atoms with Crippen molar-refractivity contribution in [1.82, 2.24) is 19.8 Å². The van der Waals surface area contributed by atoms with Gasteiger partial charge in [-0.25, -0.2) is 9.97 Å². The summed E-state index contributed by atoms with van der Waals surface area (Å²) in [7, 11) is 0. The molecule has 0 aliphatic carbocycles. The zero-order valence-electron chi connectivity index (χ0n) is 18.2. The highest BCUT2D eigenvalue weighted by atomic mass is 32.2. The minimum Gasteiger partial charge on any atom is -0.341 e. The quantitative estimate of drug-likeness (QED) is 0.684. The highest BCUT2D eigenvalue weighted by molar-refractivity contribution is 8.01. The fourth-order valence-corrected chi connectivity index (χ4v) is 5.64. The van der Waals surface area contributed by atoms with E-state index >= 15 is 0 Å². The van der Waals surface area contributed by atoms with Gasteiger partial charge < -0.3 is 20.0 Å². The van der Waals surface area contributed by atoms with E-state index in [1.807, 2.05) is 29.2 Å². The summed E-state index contributed by atoms with van der Waals surface area (Å²) in [6, 6.07) is 9.30. The molecular weight excluding hydrogens is 440 g/mol. The van der Waals surface area contributed by atoms with Gasteiger partial charge in [0.05, 0.1) is 5.69 Å². The standard InChI is InChI=1S/C23H26N6O3S/c30-20-19(33-18-5-2-1-4-17(18)26-20)22(32)27-10-6-16(7-11-27)21(31)28-12-14-29(15-13-28)23-24-8-3-9-25-23/h1-5,8-9,16,19H,6-7,10-15H2,(H,26,30)/t19-/m0/s1. The predicted molar refractivity (Wildman–Crippen MR) is 125 cm³/mol. The number of nitrogens with zero attached hydrogens (tertiary/aromatic N) is 5. The largest absolute Gasteiger partial charge is 0.341 e. The first-order valence-corrected chi connectivity index (χ1v) is 12.1. The van der Waals surface area contributed by atoms with Crippen LogP contribution in [0.2, 0.25) is 0 Å². The topological polar surface area (TPSA) is 98.7 Å². The molecule has 33 heavy (non-hydrogen) atoms. The second-order valence-corrected chi connectivity index (χ2v) is 9.59. The van der Waals surface area contributed by atoms with Crippen molar-refractivity contribution in [2.75, 3.05) is 49.5 Å². The molecule has 0 saturated carbocycles. The van der Waals surface area contributed by atoms with Crippen molar-refractivity contribution in [3.63, 3.8) is 0 Å². The van der Waals surface area contributed by atoms with Gasteiger partial charge in [0.1, 0.15) is 0 Å². The summed E-state index contributed by atoms with van der Waals surface area (Å²) in [6.45, 7) is 3.71. The number of piperazine rings is 1. The molecule has 2 aromatic rings. The maximum atomic E-state index is 13.1. The molecule has 172 valence electrons. The minimum absolute atomic E-state index is 0.0814. The Bertz CT molecular complexity index is 1040. The number of thioether (sulfide) groups is 1. The van der Waals surface area contributed by atoms with Crippen LogP contribution in [0, 0.1) is 5.92 Å². The zero-order chi connectivity index (χ0) is 22.8. The normalized spacial score (nSPS) is 21.4. The lowest BCUT2D eigenvalue weighted by Gasteiger charge is -2.39. The minimum atomic E-state index is -0.777. The second kappa shape index (κ2) is 9.38. The van der Waals surface area contributed by atoms with Gasteiger partial charge in [-0.15, -0.1) is 11.8 Å². The summed E-state index contributed by atoms with van der Waals surface area (Å²) < 4.78 is 0. The number of carbonyl (C=O) groups is 3. The van der Waals surface area contributed by atoms with Crippen molar-refractivity contribution in [2.45, 2.75) is 23.0 Å². The number of carbonyl (C=O) groups excluding carboxylic acids is 3. The van der Waals surface area contributed by atoms with Crippen LogP contribution in [0.4, 0.5) is 11.6 Å². The van der Waals surface area contributed by atoms with Gasteiger partial charge in [-0.2, -0.15) is 0 Å². The lowest BCUT2D eigenvalue weighted by molar-refractivity contribution is -0.141. The van der Waals surface area contributed by atoms with Gasteiger partial charge in [-0.1, -0.05) is 12.1 Å². The highest BCUT2D eigenvalue weighted by Gasteiger charge is 2.38. The smallest absolute Gasteiger partial charge is 0.247 e. The van der Waals surface area contributed by atoms with Crippen LogP contribution < -0.4 is 10.2 Å². The van der Waals surface area contributed by atoms with Crippen molar-refractivity contribution in [3.05, 3.63) is 42.7 Å². The third-order valence-corrected chi connectivity index (χ3v) is 7.70. The average molecular weight is 467 g/mol. The fourth-order valence-electron chi connectivity index (χ4n) is 4.57. The molecule has 9 nitrogen and oxygen atoms in total. The summed E-state index contributed by atoms with van der Waals surface area (Å²) in [5.74, 6) is 0.330. The van der Waals surface area contributed by atoms with Gasteiger partial charge in [0, 0.05) is 62.5 Å². The zero-order valence-corrected chi connectivity index (χ0v) is 19.0. The number of benzene rings is 1. The summed E-state index contributed by atoms with van der Waals surface area (Å²) in [4.78, 5) is 53.8. The van der Waals surface area contributed by atoms with Gasteiger partial charge in [-0.05, 0) is 31.0 Å².